The Labute approximate surface area is 239 Å². The number of aryl methyl sites for hydroxylation is 1. The van der Waals surface area contributed by atoms with Crippen molar-refractivity contribution in [3.05, 3.63) is 65.4 Å². The number of hydrogen-bond acceptors (Lipinski definition) is 7. The van der Waals surface area contributed by atoms with Crippen molar-refractivity contribution in [2.45, 2.75) is 49.3 Å². The van der Waals surface area contributed by atoms with Gasteiger partial charge in [-0.15, -0.1) is 12.4 Å². The molecule has 10 heteroatoms. The third kappa shape index (κ3) is 8.50. The van der Waals surface area contributed by atoms with Gasteiger partial charge in [0.2, 0.25) is 5.91 Å². The van der Waals surface area contributed by atoms with Gasteiger partial charge in [0.15, 0.2) is 16.7 Å². The number of hydrogen-bond donors (Lipinski definition) is 2. The number of carbonyl (C=O) groups is 1. The molecule has 38 heavy (non-hydrogen) atoms. The predicted octanol–water partition coefficient (Wildman–Crippen LogP) is 5.59. The van der Waals surface area contributed by atoms with Gasteiger partial charge < -0.3 is 20.1 Å². The van der Waals surface area contributed by atoms with E-state index >= 15 is 0 Å². The number of thioether (sulfide) groups is 1. The van der Waals surface area contributed by atoms with E-state index in [1.54, 1.807) is 26.6 Å². The van der Waals surface area contributed by atoms with Crippen LogP contribution in [0.4, 0.5) is 0 Å². The maximum atomic E-state index is 12.6. The molecule has 0 aliphatic heterocycles. The summed E-state index contributed by atoms with van der Waals surface area (Å²) in [5.41, 5.74) is 3.09. The number of carbonyl (C=O) groups excluding carboxylic acids is 1. The summed E-state index contributed by atoms with van der Waals surface area (Å²) in [5.74, 6) is 1.62. The Morgan fingerprint density at radius 2 is 1.71 bits per heavy atom. The van der Waals surface area contributed by atoms with E-state index < -0.39 is 0 Å². The van der Waals surface area contributed by atoms with Crippen molar-refractivity contribution in [1.82, 2.24) is 20.6 Å². The summed E-state index contributed by atoms with van der Waals surface area (Å²) in [4.78, 5) is 21.5. The molecule has 0 saturated heterocycles. The number of benzene rings is 2. The lowest BCUT2D eigenvalue weighted by atomic mass is 10.1. The minimum Gasteiger partial charge on any atom is -0.493 e. The number of methoxy groups -OCH3 is 2. The van der Waals surface area contributed by atoms with Crippen molar-refractivity contribution in [3.63, 3.8) is 0 Å². The number of amides is 1. The van der Waals surface area contributed by atoms with Gasteiger partial charge in [0.1, 0.15) is 0 Å². The van der Waals surface area contributed by atoms with Crippen molar-refractivity contribution in [1.29, 1.82) is 0 Å². The molecule has 0 spiro atoms. The van der Waals surface area contributed by atoms with Crippen LogP contribution in [0.2, 0.25) is 5.02 Å². The number of nitrogens with zero attached hydrogens (tertiary/aromatic N) is 2. The Hall–Kier alpha value is -2.52. The lowest BCUT2D eigenvalue weighted by molar-refractivity contribution is -0.119. The van der Waals surface area contributed by atoms with Crippen LogP contribution in [0.1, 0.15) is 31.2 Å². The predicted molar refractivity (Wildman–Crippen MR) is 156 cm³/mol. The van der Waals surface area contributed by atoms with E-state index in [2.05, 4.69) is 32.7 Å². The first-order chi connectivity index (χ1) is 18.1. The molecule has 2 N–H and O–H groups in total. The third-order valence-corrected chi connectivity index (χ3v) is 7.63. The summed E-state index contributed by atoms with van der Waals surface area (Å²) in [6.07, 6.45) is 8.78. The molecule has 2 atom stereocenters. The Kier molecular flexibility index (Phi) is 12.0. The van der Waals surface area contributed by atoms with Crippen LogP contribution in [0.3, 0.4) is 0 Å². The normalized spacial score (nSPS) is 16.5. The van der Waals surface area contributed by atoms with Gasteiger partial charge >= 0.3 is 0 Å². The van der Waals surface area contributed by atoms with Crippen LogP contribution in [0.25, 0.3) is 11.1 Å². The molecule has 1 amide bonds. The fraction of sp³-hybridized carbons (Fsp3) is 0.393. The molecule has 2 aromatic carbocycles. The van der Waals surface area contributed by atoms with Crippen molar-refractivity contribution in [2.24, 2.45) is 0 Å². The van der Waals surface area contributed by atoms with Gasteiger partial charge in [-0.2, -0.15) is 0 Å². The second-order valence-electron chi connectivity index (χ2n) is 9.01. The van der Waals surface area contributed by atoms with E-state index in [0.29, 0.717) is 22.7 Å². The number of halogens is 2. The van der Waals surface area contributed by atoms with Crippen molar-refractivity contribution < 1.29 is 14.3 Å². The quantitative estimate of drug-likeness (QED) is 0.165. The maximum absolute atomic E-state index is 12.6. The van der Waals surface area contributed by atoms with Crippen LogP contribution in [-0.2, 0) is 11.2 Å². The fourth-order valence-corrected chi connectivity index (χ4v) is 5.27. The zero-order valence-electron chi connectivity index (χ0n) is 21.6. The van der Waals surface area contributed by atoms with E-state index in [1.165, 1.54) is 17.3 Å². The standard InChI is InChI=1S/C28H33ClN4O3S.ClH/c1-35-25-13-10-20(15-26(25)36-2)21-16-31-28(32-17-21)37-18-27(34)33-24-7-3-6-23(24)30-14-4-5-19-8-11-22(29)12-9-19;/h8-13,15-17,23-24,30H,3-7,14,18H2,1-2H3,(H,33,34);1H. The van der Waals surface area contributed by atoms with Crippen molar-refractivity contribution >= 4 is 41.7 Å². The third-order valence-electron chi connectivity index (χ3n) is 6.50. The monoisotopic (exact) mass is 576 g/mol. The largest absolute Gasteiger partial charge is 0.493 e. The van der Waals surface area contributed by atoms with Crippen LogP contribution < -0.4 is 20.1 Å². The molecule has 1 saturated carbocycles. The average molecular weight is 578 g/mol. The summed E-state index contributed by atoms with van der Waals surface area (Å²) >= 11 is 7.30. The summed E-state index contributed by atoms with van der Waals surface area (Å²) in [6, 6.07) is 14.2. The second kappa shape index (κ2) is 15.2. The Balaban J connectivity index is 0.00000400. The number of nitrogens with one attached hydrogen (secondary N) is 2. The molecule has 1 aromatic heterocycles. The minimum absolute atomic E-state index is 0. The summed E-state index contributed by atoms with van der Waals surface area (Å²) in [7, 11) is 3.21. The highest BCUT2D eigenvalue weighted by Crippen LogP contribution is 2.32. The topological polar surface area (TPSA) is 85.4 Å². The Morgan fingerprint density at radius 3 is 2.42 bits per heavy atom. The highest BCUT2D eigenvalue weighted by molar-refractivity contribution is 7.99. The van der Waals surface area contributed by atoms with Crippen LogP contribution in [0, 0.1) is 0 Å². The zero-order valence-corrected chi connectivity index (χ0v) is 24.0. The molecular weight excluding hydrogens is 543 g/mol. The van der Waals surface area contributed by atoms with E-state index in [0.717, 1.165) is 54.8 Å². The molecule has 7 nitrogen and oxygen atoms in total. The molecule has 1 aliphatic carbocycles. The number of rotatable bonds is 12. The van der Waals surface area contributed by atoms with Crippen molar-refractivity contribution in [3.8, 4) is 22.6 Å². The van der Waals surface area contributed by atoms with Gasteiger partial charge in [0, 0.05) is 35.1 Å². The van der Waals surface area contributed by atoms with Gasteiger partial charge in [0.05, 0.1) is 20.0 Å². The first-order valence-corrected chi connectivity index (χ1v) is 13.9. The van der Waals surface area contributed by atoms with Crippen LogP contribution >= 0.6 is 35.8 Å². The lowest BCUT2D eigenvalue weighted by Gasteiger charge is -2.22. The first-order valence-electron chi connectivity index (χ1n) is 12.5. The Bertz CT molecular complexity index is 1170. The maximum Gasteiger partial charge on any atom is 0.230 e. The molecule has 204 valence electrons. The summed E-state index contributed by atoms with van der Waals surface area (Å²) in [6.45, 7) is 0.925. The number of ether oxygens (including phenoxy) is 2. The van der Waals surface area contributed by atoms with Gasteiger partial charge in [-0.05, 0) is 74.0 Å². The van der Waals surface area contributed by atoms with Crippen molar-refractivity contribution in [2.75, 3.05) is 26.5 Å². The van der Waals surface area contributed by atoms with Crippen LogP contribution in [0.5, 0.6) is 11.5 Å². The highest BCUT2D eigenvalue weighted by atomic mass is 35.5. The first kappa shape index (κ1) is 30.0. The average Bonchev–Trinajstić information content (AvgIpc) is 3.37. The number of aromatic nitrogens is 2. The lowest BCUT2D eigenvalue weighted by Crippen LogP contribution is -2.47. The molecule has 0 radical (unpaired) electrons. The highest BCUT2D eigenvalue weighted by Gasteiger charge is 2.28. The van der Waals surface area contributed by atoms with Gasteiger partial charge in [-0.25, -0.2) is 9.97 Å². The SMILES string of the molecule is COc1ccc(-c2cnc(SCC(=O)NC3CCCC3NCCCc3ccc(Cl)cc3)nc2)cc1OC.Cl. The van der Waals surface area contributed by atoms with E-state index in [-0.39, 0.29) is 30.1 Å². The molecule has 1 fully saturated rings. The Morgan fingerprint density at radius 1 is 1.00 bits per heavy atom. The molecule has 0 bridgehead atoms. The van der Waals surface area contributed by atoms with Crippen LogP contribution in [0.15, 0.2) is 60.0 Å². The second-order valence-corrected chi connectivity index (χ2v) is 10.4. The molecular formula is C28H34Cl2N4O3S. The summed E-state index contributed by atoms with van der Waals surface area (Å²) < 4.78 is 10.7. The molecule has 2 unspecified atom stereocenters. The fourth-order valence-electron chi connectivity index (χ4n) is 4.54. The smallest absolute Gasteiger partial charge is 0.230 e. The van der Waals surface area contributed by atoms with Crippen LogP contribution in [-0.4, -0.2) is 54.5 Å². The van der Waals surface area contributed by atoms with E-state index in [1.807, 2.05) is 30.3 Å². The molecule has 3 aromatic rings. The van der Waals surface area contributed by atoms with Gasteiger partial charge in [0.25, 0.3) is 0 Å². The van der Waals surface area contributed by atoms with E-state index in [4.69, 9.17) is 21.1 Å². The van der Waals surface area contributed by atoms with Gasteiger partial charge in [-0.3, -0.25) is 4.79 Å². The van der Waals surface area contributed by atoms with Gasteiger partial charge in [-0.1, -0.05) is 41.6 Å². The minimum atomic E-state index is 0. The molecule has 4 rings (SSSR count). The molecule has 1 heterocycles. The van der Waals surface area contributed by atoms with E-state index in [9.17, 15) is 4.79 Å². The molecule has 1 aliphatic rings. The summed E-state index contributed by atoms with van der Waals surface area (Å²) in [5, 5.41) is 8.19. The zero-order chi connectivity index (χ0) is 26.0.